The molecule has 2 nitrogen and oxygen atoms in total. The van der Waals surface area contributed by atoms with Crippen molar-refractivity contribution in [3.05, 3.63) is 253 Å². The van der Waals surface area contributed by atoms with E-state index < -0.39 is 0 Å². The van der Waals surface area contributed by atoms with Gasteiger partial charge >= 0.3 is 0 Å². The summed E-state index contributed by atoms with van der Waals surface area (Å²) < 4.78 is 0. The van der Waals surface area contributed by atoms with Crippen molar-refractivity contribution >= 4 is 46.3 Å². The molecule has 0 fully saturated rings. The van der Waals surface area contributed by atoms with E-state index in [0.717, 1.165) is 52.5 Å². The zero-order valence-electron chi connectivity index (χ0n) is 32.8. The van der Waals surface area contributed by atoms with Gasteiger partial charge < -0.3 is 9.80 Å². The lowest BCUT2D eigenvalue weighted by Crippen LogP contribution is -2.10. The highest BCUT2D eigenvalue weighted by Crippen LogP contribution is 2.38. The van der Waals surface area contributed by atoms with E-state index in [1.165, 1.54) is 40.7 Å². The van der Waals surface area contributed by atoms with Crippen LogP contribution in [-0.4, -0.2) is 0 Å². The van der Waals surface area contributed by atoms with Gasteiger partial charge in [-0.05, 0) is 132 Å². The molecule has 0 saturated heterocycles. The van der Waals surface area contributed by atoms with E-state index in [1.807, 2.05) is 6.07 Å². The lowest BCUT2D eigenvalue weighted by Gasteiger charge is -2.26. The van der Waals surface area contributed by atoms with Crippen LogP contribution in [-0.2, 0) is 12.8 Å². The molecule has 0 atom stereocenters. The Bertz CT molecular complexity index is 2490. The van der Waals surface area contributed by atoms with Crippen molar-refractivity contribution in [1.82, 2.24) is 0 Å². The molecule has 0 unspecified atom stereocenters. The first-order valence-electron chi connectivity index (χ1n) is 20.3. The van der Waals surface area contributed by atoms with Crippen LogP contribution in [0, 0.1) is 0 Å². The maximum Gasteiger partial charge on any atom is 0.0462 e. The van der Waals surface area contributed by atoms with Gasteiger partial charge in [0.2, 0.25) is 0 Å². The molecular formula is C56H48N2. The topological polar surface area (TPSA) is 6.48 Å². The Morgan fingerprint density at radius 3 is 1.02 bits per heavy atom. The van der Waals surface area contributed by atoms with Crippen molar-refractivity contribution in [2.24, 2.45) is 0 Å². The van der Waals surface area contributed by atoms with Gasteiger partial charge in [0.05, 0.1) is 0 Å². The molecular weight excluding hydrogens is 701 g/mol. The van der Waals surface area contributed by atoms with Gasteiger partial charge in [-0.15, -0.1) is 0 Å². The van der Waals surface area contributed by atoms with Crippen LogP contribution in [0.1, 0.15) is 35.1 Å². The van der Waals surface area contributed by atoms with Crippen molar-refractivity contribution in [1.29, 1.82) is 0 Å². The van der Waals surface area contributed by atoms with E-state index in [-0.39, 0.29) is 0 Å². The third-order valence-electron chi connectivity index (χ3n) is 10.5. The van der Waals surface area contributed by atoms with Crippen LogP contribution in [0.3, 0.4) is 0 Å². The Kier molecular flexibility index (Phi) is 12.4. The van der Waals surface area contributed by atoms with Crippen LogP contribution >= 0.6 is 0 Å². The van der Waals surface area contributed by atoms with Crippen molar-refractivity contribution < 1.29 is 0 Å². The molecule has 0 bridgehead atoms. The lowest BCUT2D eigenvalue weighted by molar-refractivity contribution is 0.734. The zero-order chi connectivity index (χ0) is 39.2. The predicted octanol–water partition coefficient (Wildman–Crippen LogP) is 15.6. The molecule has 0 aliphatic carbocycles. The number of rotatable bonds is 15. The Hall–Kier alpha value is -7.16. The third kappa shape index (κ3) is 9.79. The normalized spacial score (nSPS) is 11.2. The molecule has 8 rings (SSSR count). The highest BCUT2D eigenvalue weighted by atomic mass is 15.1. The van der Waals surface area contributed by atoms with Crippen LogP contribution in [0.15, 0.2) is 231 Å². The average Bonchev–Trinajstić information content (AvgIpc) is 3.30. The van der Waals surface area contributed by atoms with Crippen molar-refractivity contribution in [2.75, 3.05) is 9.80 Å². The second kappa shape index (κ2) is 19.1. The fourth-order valence-electron chi connectivity index (χ4n) is 7.40. The molecule has 0 heterocycles. The highest BCUT2D eigenvalue weighted by molar-refractivity contribution is 5.81. The second-order valence-corrected chi connectivity index (χ2v) is 14.5. The zero-order valence-corrected chi connectivity index (χ0v) is 32.8. The Balaban J connectivity index is 0.971. The Labute approximate surface area is 344 Å². The lowest BCUT2D eigenvalue weighted by atomic mass is 10.0. The van der Waals surface area contributed by atoms with Gasteiger partial charge in [0, 0.05) is 34.1 Å². The standard InChI is InChI=1S/C56H48N2/c1-5-17-45(18-6-1)21-13-15-23-47-29-37-53(38-30-47)57(51-25-9-3-10-26-51)55-41-33-49(34-42-55)50-35-43-56(44-36-50)58(52-27-11-4-12-28-52)54-39-31-48(32-40-54)24-16-14-22-46-19-7-2-8-20-46/h1-13,15,17-21,23,25-44H,14,16,22,24H2/b21-13+,23-15+. The molecule has 8 aromatic rings. The summed E-state index contributed by atoms with van der Waals surface area (Å²) >= 11 is 0. The summed E-state index contributed by atoms with van der Waals surface area (Å²) in [6.07, 6.45) is 13.0. The van der Waals surface area contributed by atoms with Gasteiger partial charge in [-0.25, -0.2) is 0 Å². The number of nitrogens with zero attached hydrogens (tertiary/aromatic N) is 2. The number of para-hydroxylation sites is 2. The van der Waals surface area contributed by atoms with Gasteiger partial charge in [0.25, 0.3) is 0 Å². The van der Waals surface area contributed by atoms with E-state index in [9.17, 15) is 0 Å². The highest BCUT2D eigenvalue weighted by Gasteiger charge is 2.15. The SMILES string of the molecule is C(/C=C/c1ccc(N(c2ccccc2)c2ccc(-c3ccc(N(c4ccccc4)c4ccc(CCCCc5ccccc5)cc4)cc3)cc2)cc1)=C\c1ccccc1. The number of hydrogen-bond donors (Lipinski definition) is 0. The number of unbranched alkanes of at least 4 members (excludes halogenated alkanes) is 1. The van der Waals surface area contributed by atoms with Crippen LogP contribution < -0.4 is 9.80 Å². The third-order valence-corrected chi connectivity index (χ3v) is 10.5. The second-order valence-electron chi connectivity index (χ2n) is 14.5. The van der Waals surface area contributed by atoms with Gasteiger partial charge in [0.15, 0.2) is 0 Å². The molecule has 58 heavy (non-hydrogen) atoms. The van der Waals surface area contributed by atoms with E-state index >= 15 is 0 Å². The maximum absolute atomic E-state index is 2.34. The monoisotopic (exact) mass is 748 g/mol. The maximum atomic E-state index is 2.34. The summed E-state index contributed by atoms with van der Waals surface area (Å²) in [5.41, 5.74) is 14.3. The van der Waals surface area contributed by atoms with Gasteiger partial charge in [-0.1, -0.05) is 170 Å². The fraction of sp³-hybridized carbons (Fsp3) is 0.0714. The van der Waals surface area contributed by atoms with E-state index in [2.05, 4.69) is 246 Å². The van der Waals surface area contributed by atoms with E-state index in [1.54, 1.807) is 0 Å². The van der Waals surface area contributed by atoms with Crippen LogP contribution in [0.4, 0.5) is 34.1 Å². The number of hydrogen-bond acceptors (Lipinski definition) is 2. The van der Waals surface area contributed by atoms with Crippen LogP contribution in [0.5, 0.6) is 0 Å². The van der Waals surface area contributed by atoms with Gasteiger partial charge in [0.1, 0.15) is 0 Å². The largest absolute Gasteiger partial charge is 0.311 e. The predicted molar refractivity (Wildman–Crippen MR) is 249 cm³/mol. The molecule has 0 aliphatic rings. The summed E-state index contributed by atoms with van der Waals surface area (Å²) in [5.74, 6) is 0. The molecule has 0 saturated carbocycles. The summed E-state index contributed by atoms with van der Waals surface area (Å²) in [7, 11) is 0. The van der Waals surface area contributed by atoms with Gasteiger partial charge in [-0.3, -0.25) is 0 Å². The molecule has 8 aromatic carbocycles. The van der Waals surface area contributed by atoms with Crippen molar-refractivity contribution in [3.63, 3.8) is 0 Å². The molecule has 0 aliphatic heterocycles. The van der Waals surface area contributed by atoms with Crippen LogP contribution in [0.25, 0.3) is 23.3 Å². The molecule has 0 aromatic heterocycles. The first kappa shape index (κ1) is 37.7. The van der Waals surface area contributed by atoms with Crippen LogP contribution in [0.2, 0.25) is 0 Å². The van der Waals surface area contributed by atoms with E-state index in [0.29, 0.717) is 0 Å². The minimum atomic E-state index is 1.09. The molecule has 282 valence electrons. The first-order valence-corrected chi connectivity index (χ1v) is 20.3. The number of anilines is 6. The number of allylic oxidation sites excluding steroid dienone is 2. The minimum Gasteiger partial charge on any atom is -0.311 e. The molecule has 0 N–H and O–H groups in total. The number of aryl methyl sites for hydroxylation is 2. The molecule has 2 heteroatoms. The number of benzene rings is 8. The average molecular weight is 749 g/mol. The van der Waals surface area contributed by atoms with Crippen molar-refractivity contribution in [2.45, 2.75) is 25.7 Å². The first-order chi connectivity index (χ1) is 28.8. The van der Waals surface area contributed by atoms with Crippen molar-refractivity contribution in [3.8, 4) is 11.1 Å². The molecule has 0 amide bonds. The minimum absolute atomic E-state index is 1.09. The quantitative estimate of drug-likeness (QED) is 0.0761. The molecule has 0 spiro atoms. The van der Waals surface area contributed by atoms with E-state index in [4.69, 9.17) is 0 Å². The summed E-state index contributed by atoms with van der Waals surface area (Å²) in [6, 6.07) is 78.1. The van der Waals surface area contributed by atoms with Gasteiger partial charge in [-0.2, -0.15) is 0 Å². The Morgan fingerprint density at radius 1 is 0.276 bits per heavy atom. The summed E-state index contributed by atoms with van der Waals surface area (Å²) in [4.78, 5) is 4.65. The smallest absolute Gasteiger partial charge is 0.0462 e. The summed E-state index contributed by atoms with van der Waals surface area (Å²) in [6.45, 7) is 0. The Morgan fingerprint density at radius 2 is 0.586 bits per heavy atom. The molecule has 0 radical (unpaired) electrons. The summed E-state index contributed by atoms with van der Waals surface area (Å²) in [5, 5.41) is 0. The fourth-order valence-corrected chi connectivity index (χ4v) is 7.40.